The van der Waals surface area contributed by atoms with E-state index in [1.54, 1.807) is 24.0 Å². The molecule has 0 unspecified atom stereocenters. The smallest absolute Gasteiger partial charge is 0.123 e. The van der Waals surface area contributed by atoms with Gasteiger partial charge in [-0.2, -0.15) is 5.26 Å². The number of aromatic nitrogens is 1. The van der Waals surface area contributed by atoms with Gasteiger partial charge in [-0.1, -0.05) is 6.07 Å². The van der Waals surface area contributed by atoms with E-state index in [0.717, 1.165) is 16.2 Å². The Morgan fingerprint density at radius 3 is 2.78 bits per heavy atom. The fourth-order valence-corrected chi connectivity index (χ4v) is 2.50. The molecule has 0 amide bonds. The van der Waals surface area contributed by atoms with Crippen LogP contribution in [0.1, 0.15) is 16.7 Å². The van der Waals surface area contributed by atoms with E-state index in [9.17, 15) is 0 Å². The fourth-order valence-electron chi connectivity index (χ4n) is 1.57. The average Bonchev–Trinajstić information content (AvgIpc) is 2.39. The first-order valence-corrected chi connectivity index (χ1v) is 6.51. The molecule has 0 aliphatic heterocycles. The molecule has 0 radical (unpaired) electrons. The van der Waals surface area contributed by atoms with Gasteiger partial charge in [0.1, 0.15) is 5.82 Å². The predicted octanol–water partition coefficient (Wildman–Crippen LogP) is 3.14. The molecule has 0 saturated heterocycles. The fraction of sp³-hybridized carbons (Fsp3) is 0.143. The highest BCUT2D eigenvalue weighted by molar-refractivity contribution is 7.98. The Morgan fingerprint density at radius 1 is 1.33 bits per heavy atom. The summed E-state index contributed by atoms with van der Waals surface area (Å²) in [5.74, 6) is 1.40. The Bertz CT molecular complexity index is 585. The van der Waals surface area contributed by atoms with Crippen molar-refractivity contribution in [2.24, 2.45) is 0 Å². The van der Waals surface area contributed by atoms with E-state index in [2.05, 4.69) is 11.1 Å². The minimum Gasteiger partial charge on any atom is -0.384 e. The topological polar surface area (TPSA) is 62.7 Å². The molecule has 18 heavy (non-hydrogen) atoms. The summed E-state index contributed by atoms with van der Waals surface area (Å²) in [6.45, 7) is 2.03. The zero-order valence-corrected chi connectivity index (χ0v) is 10.9. The number of pyridine rings is 1. The van der Waals surface area contributed by atoms with Crippen LogP contribution in [0.3, 0.4) is 0 Å². The van der Waals surface area contributed by atoms with Crippen molar-refractivity contribution in [3.8, 4) is 6.07 Å². The van der Waals surface area contributed by atoms with Gasteiger partial charge in [0.25, 0.3) is 0 Å². The third-order valence-electron chi connectivity index (χ3n) is 2.63. The third-order valence-corrected chi connectivity index (χ3v) is 3.66. The van der Waals surface area contributed by atoms with E-state index in [-0.39, 0.29) is 0 Å². The summed E-state index contributed by atoms with van der Waals surface area (Å²) in [5, 5.41) is 8.81. The molecule has 1 aromatic carbocycles. The number of nitrogens with two attached hydrogens (primary N) is 1. The Hall–Kier alpha value is -1.99. The molecule has 3 nitrogen and oxygen atoms in total. The van der Waals surface area contributed by atoms with Gasteiger partial charge < -0.3 is 5.73 Å². The highest BCUT2D eigenvalue weighted by Crippen LogP contribution is 2.24. The average molecular weight is 255 g/mol. The van der Waals surface area contributed by atoms with Gasteiger partial charge in [0.2, 0.25) is 0 Å². The minimum atomic E-state index is 0.536. The van der Waals surface area contributed by atoms with Crippen molar-refractivity contribution in [2.45, 2.75) is 17.6 Å². The molecule has 0 bridgehead atoms. The maximum atomic E-state index is 8.81. The van der Waals surface area contributed by atoms with Gasteiger partial charge >= 0.3 is 0 Å². The maximum absolute atomic E-state index is 8.81. The van der Waals surface area contributed by atoms with E-state index in [4.69, 9.17) is 11.0 Å². The molecule has 4 heteroatoms. The lowest BCUT2D eigenvalue weighted by Crippen LogP contribution is -1.90. The first kappa shape index (κ1) is 12.5. The lowest BCUT2D eigenvalue weighted by Gasteiger charge is -2.06. The van der Waals surface area contributed by atoms with Crippen molar-refractivity contribution in [3.63, 3.8) is 0 Å². The van der Waals surface area contributed by atoms with Gasteiger partial charge in [-0.05, 0) is 42.3 Å². The van der Waals surface area contributed by atoms with E-state index < -0.39 is 0 Å². The van der Waals surface area contributed by atoms with Gasteiger partial charge in [0.15, 0.2) is 0 Å². The molecule has 0 fully saturated rings. The zero-order chi connectivity index (χ0) is 13.0. The molecular weight excluding hydrogens is 242 g/mol. The van der Waals surface area contributed by atoms with Crippen molar-refractivity contribution < 1.29 is 0 Å². The molecule has 0 aliphatic carbocycles. The molecule has 0 atom stereocenters. The largest absolute Gasteiger partial charge is 0.384 e. The van der Waals surface area contributed by atoms with E-state index in [1.807, 2.05) is 31.2 Å². The number of anilines is 1. The summed E-state index contributed by atoms with van der Waals surface area (Å²) in [6, 6.07) is 11.7. The normalized spacial score (nSPS) is 10.0. The molecule has 0 saturated carbocycles. The minimum absolute atomic E-state index is 0.536. The summed E-state index contributed by atoms with van der Waals surface area (Å²) in [6.07, 6.45) is 1.78. The number of thioether (sulfide) groups is 1. The second-order valence-electron chi connectivity index (χ2n) is 3.96. The van der Waals surface area contributed by atoms with Crippen LogP contribution in [0.5, 0.6) is 0 Å². The quantitative estimate of drug-likeness (QED) is 0.856. The summed E-state index contributed by atoms with van der Waals surface area (Å²) < 4.78 is 0. The van der Waals surface area contributed by atoms with Crippen LogP contribution < -0.4 is 5.73 Å². The highest BCUT2D eigenvalue weighted by Gasteiger charge is 2.02. The first-order chi connectivity index (χ1) is 8.69. The monoisotopic (exact) mass is 255 g/mol. The van der Waals surface area contributed by atoms with E-state index >= 15 is 0 Å². The van der Waals surface area contributed by atoms with Crippen molar-refractivity contribution in [3.05, 3.63) is 53.2 Å². The number of hydrogen-bond acceptors (Lipinski definition) is 4. The molecule has 0 aliphatic rings. The number of nitrogen functional groups attached to an aromatic ring is 1. The summed E-state index contributed by atoms with van der Waals surface area (Å²) >= 11 is 1.71. The van der Waals surface area contributed by atoms with Crippen LogP contribution in [0, 0.1) is 18.3 Å². The van der Waals surface area contributed by atoms with Crippen LogP contribution in [0.4, 0.5) is 5.82 Å². The van der Waals surface area contributed by atoms with Crippen molar-refractivity contribution in [1.82, 2.24) is 4.98 Å². The van der Waals surface area contributed by atoms with Crippen LogP contribution in [-0.2, 0) is 5.75 Å². The molecule has 1 heterocycles. The SMILES string of the molecule is Cc1cc(C#N)ccc1CSc1ccc(N)nc1. The molecular formula is C14H13N3S. The standard InChI is InChI=1S/C14H13N3S/c1-10-6-11(7-15)2-3-12(10)9-18-13-4-5-14(16)17-8-13/h2-6,8H,9H2,1H3,(H2,16,17). The lowest BCUT2D eigenvalue weighted by atomic mass is 10.1. The second-order valence-corrected chi connectivity index (χ2v) is 5.01. The number of hydrogen-bond donors (Lipinski definition) is 1. The van der Waals surface area contributed by atoms with Gasteiger partial charge in [0, 0.05) is 16.8 Å². The maximum Gasteiger partial charge on any atom is 0.123 e. The Kier molecular flexibility index (Phi) is 3.85. The lowest BCUT2D eigenvalue weighted by molar-refractivity contribution is 1.23. The van der Waals surface area contributed by atoms with Crippen LogP contribution >= 0.6 is 11.8 Å². The van der Waals surface area contributed by atoms with Crippen LogP contribution in [0.2, 0.25) is 0 Å². The van der Waals surface area contributed by atoms with Gasteiger partial charge in [-0.3, -0.25) is 0 Å². The number of aryl methyl sites for hydroxylation is 1. The Labute approximate surface area is 111 Å². The van der Waals surface area contributed by atoms with Crippen molar-refractivity contribution in [2.75, 3.05) is 5.73 Å². The van der Waals surface area contributed by atoms with E-state index in [1.165, 1.54) is 5.56 Å². The molecule has 90 valence electrons. The predicted molar refractivity (Wildman–Crippen MR) is 74.1 cm³/mol. The number of nitriles is 1. The number of nitrogens with zero attached hydrogens (tertiary/aromatic N) is 2. The van der Waals surface area contributed by atoms with Gasteiger partial charge in [-0.15, -0.1) is 11.8 Å². The second kappa shape index (κ2) is 5.56. The van der Waals surface area contributed by atoms with Crippen LogP contribution in [0.15, 0.2) is 41.4 Å². The molecule has 2 N–H and O–H groups in total. The first-order valence-electron chi connectivity index (χ1n) is 5.53. The van der Waals surface area contributed by atoms with Crippen molar-refractivity contribution in [1.29, 1.82) is 5.26 Å². The number of benzene rings is 1. The van der Waals surface area contributed by atoms with Crippen LogP contribution in [0.25, 0.3) is 0 Å². The molecule has 1 aromatic heterocycles. The van der Waals surface area contributed by atoms with Gasteiger partial charge in [-0.25, -0.2) is 4.98 Å². The van der Waals surface area contributed by atoms with Crippen molar-refractivity contribution >= 4 is 17.6 Å². The van der Waals surface area contributed by atoms with Gasteiger partial charge in [0.05, 0.1) is 11.6 Å². The zero-order valence-electron chi connectivity index (χ0n) is 10.1. The molecule has 2 aromatic rings. The van der Waals surface area contributed by atoms with Crippen LogP contribution in [-0.4, -0.2) is 4.98 Å². The van der Waals surface area contributed by atoms with E-state index in [0.29, 0.717) is 11.4 Å². The summed E-state index contributed by atoms with van der Waals surface area (Å²) in [5.41, 5.74) is 8.62. The summed E-state index contributed by atoms with van der Waals surface area (Å²) in [4.78, 5) is 5.15. The highest BCUT2D eigenvalue weighted by atomic mass is 32.2. The summed E-state index contributed by atoms with van der Waals surface area (Å²) in [7, 11) is 0. The molecule has 0 spiro atoms. The Balaban J connectivity index is 2.06. The third kappa shape index (κ3) is 3.02. The molecule has 2 rings (SSSR count). The Morgan fingerprint density at radius 2 is 2.17 bits per heavy atom. The number of rotatable bonds is 3.